The molecular formula is C19H36. The molecule has 0 heterocycles. The van der Waals surface area contributed by atoms with E-state index in [0.29, 0.717) is 0 Å². The zero-order valence-electron chi connectivity index (χ0n) is 13.7. The zero-order chi connectivity index (χ0) is 13.7. The lowest BCUT2D eigenvalue weighted by Crippen LogP contribution is -2.12. The number of hydrogen-bond donors (Lipinski definition) is 0. The predicted octanol–water partition coefficient (Wildman–Crippen LogP) is 6.45. The molecule has 4 aliphatic rings. The molecule has 4 atom stereocenters. The van der Waals surface area contributed by atoms with Gasteiger partial charge >= 0.3 is 0 Å². The first-order valence-electron chi connectivity index (χ1n) is 9.29. The van der Waals surface area contributed by atoms with Crippen LogP contribution in [0.25, 0.3) is 0 Å². The molecule has 4 saturated carbocycles. The molecule has 0 aromatic heterocycles. The molecule has 0 saturated heterocycles. The summed E-state index contributed by atoms with van der Waals surface area (Å²) in [6.07, 6.45) is 17.1. The van der Waals surface area contributed by atoms with Crippen molar-refractivity contribution in [2.75, 3.05) is 0 Å². The van der Waals surface area contributed by atoms with Crippen molar-refractivity contribution in [1.82, 2.24) is 0 Å². The first kappa shape index (κ1) is 15.4. The third-order valence-corrected chi connectivity index (χ3v) is 6.00. The van der Waals surface area contributed by atoms with Crippen LogP contribution in [0.5, 0.6) is 0 Å². The zero-order valence-corrected chi connectivity index (χ0v) is 13.7. The molecule has 0 spiro atoms. The van der Waals surface area contributed by atoms with Crippen molar-refractivity contribution in [3.05, 3.63) is 0 Å². The van der Waals surface area contributed by atoms with Crippen LogP contribution < -0.4 is 0 Å². The van der Waals surface area contributed by atoms with Crippen molar-refractivity contribution < 1.29 is 0 Å². The van der Waals surface area contributed by atoms with Crippen molar-refractivity contribution in [1.29, 1.82) is 0 Å². The Morgan fingerprint density at radius 2 is 0.947 bits per heavy atom. The molecule has 4 rings (SSSR count). The van der Waals surface area contributed by atoms with Crippen LogP contribution in [0.3, 0.4) is 0 Å². The van der Waals surface area contributed by atoms with Gasteiger partial charge in [-0.3, -0.25) is 0 Å². The standard InChI is InChI=1S/C9H16.C8H14.C2H6/c1-7-4-8-2-3-9(5-7)6-8;1-2-7-4-5-8(3-1)6-7;1-2/h7-9H,2-6H2,1H3;7-8H,1-6H2;1-2H3. The fourth-order valence-electron chi connectivity index (χ4n) is 5.24. The van der Waals surface area contributed by atoms with Crippen molar-refractivity contribution in [2.45, 2.75) is 91.4 Å². The highest BCUT2D eigenvalue weighted by atomic mass is 14.4. The Hall–Kier alpha value is 0. The average Bonchev–Trinajstić information content (AvgIpc) is 2.95. The summed E-state index contributed by atoms with van der Waals surface area (Å²) < 4.78 is 0. The highest BCUT2D eigenvalue weighted by Gasteiger charge is 2.31. The van der Waals surface area contributed by atoms with Gasteiger partial charge in [0, 0.05) is 0 Å². The first-order chi connectivity index (χ1) is 9.29. The van der Waals surface area contributed by atoms with Crippen LogP contribution in [-0.2, 0) is 0 Å². The van der Waals surface area contributed by atoms with Gasteiger partial charge in [0.1, 0.15) is 0 Å². The predicted molar refractivity (Wildman–Crippen MR) is 85.3 cm³/mol. The quantitative estimate of drug-likeness (QED) is 0.472. The van der Waals surface area contributed by atoms with Crippen molar-refractivity contribution in [3.63, 3.8) is 0 Å². The topological polar surface area (TPSA) is 0 Å². The molecule has 0 aromatic carbocycles. The van der Waals surface area contributed by atoms with E-state index in [0.717, 1.165) is 29.6 Å². The van der Waals surface area contributed by atoms with Crippen LogP contribution >= 0.6 is 0 Å². The second-order valence-corrected chi connectivity index (χ2v) is 7.60. The Kier molecular flexibility index (Phi) is 6.23. The number of rotatable bonds is 0. The second-order valence-electron chi connectivity index (χ2n) is 7.60. The highest BCUT2D eigenvalue weighted by molar-refractivity contribution is 4.83. The molecule has 19 heavy (non-hydrogen) atoms. The van der Waals surface area contributed by atoms with Crippen molar-refractivity contribution in [3.8, 4) is 0 Å². The van der Waals surface area contributed by atoms with Crippen LogP contribution in [0.15, 0.2) is 0 Å². The second kappa shape index (κ2) is 7.70. The molecule has 4 unspecified atom stereocenters. The summed E-state index contributed by atoms with van der Waals surface area (Å²) in [4.78, 5) is 0. The number of hydrogen-bond acceptors (Lipinski definition) is 0. The molecule has 0 nitrogen and oxygen atoms in total. The van der Waals surface area contributed by atoms with E-state index in [2.05, 4.69) is 6.92 Å². The molecule has 0 radical (unpaired) electrons. The third kappa shape index (κ3) is 4.50. The van der Waals surface area contributed by atoms with E-state index in [1.807, 2.05) is 13.8 Å². The molecule has 4 bridgehead atoms. The van der Waals surface area contributed by atoms with E-state index in [9.17, 15) is 0 Å². The largest absolute Gasteiger partial charge is 0.0683 e. The molecule has 4 fully saturated rings. The number of fused-ring (bicyclic) bond motifs is 4. The first-order valence-corrected chi connectivity index (χ1v) is 9.29. The summed E-state index contributed by atoms with van der Waals surface area (Å²) in [5, 5.41) is 0. The van der Waals surface area contributed by atoms with E-state index in [4.69, 9.17) is 0 Å². The summed E-state index contributed by atoms with van der Waals surface area (Å²) in [5.41, 5.74) is 0. The van der Waals surface area contributed by atoms with Gasteiger partial charge in [-0.2, -0.15) is 0 Å². The van der Waals surface area contributed by atoms with Gasteiger partial charge in [0.15, 0.2) is 0 Å². The molecule has 4 aliphatic carbocycles. The maximum Gasteiger partial charge on any atom is -0.0409 e. The molecule has 0 N–H and O–H groups in total. The fraction of sp³-hybridized carbons (Fsp3) is 1.00. The van der Waals surface area contributed by atoms with E-state index < -0.39 is 0 Å². The van der Waals surface area contributed by atoms with Crippen molar-refractivity contribution in [2.24, 2.45) is 29.6 Å². The van der Waals surface area contributed by atoms with Gasteiger partial charge in [-0.15, -0.1) is 0 Å². The summed E-state index contributed by atoms with van der Waals surface area (Å²) >= 11 is 0. The maximum absolute atomic E-state index is 2.42. The van der Waals surface area contributed by atoms with Gasteiger partial charge in [-0.05, 0) is 55.3 Å². The Morgan fingerprint density at radius 1 is 0.526 bits per heavy atom. The summed E-state index contributed by atoms with van der Waals surface area (Å²) in [5.74, 6) is 5.65. The van der Waals surface area contributed by atoms with E-state index >= 15 is 0 Å². The van der Waals surface area contributed by atoms with Crippen molar-refractivity contribution >= 4 is 0 Å². The lowest BCUT2D eigenvalue weighted by Gasteiger charge is -2.23. The molecule has 0 amide bonds. The third-order valence-electron chi connectivity index (χ3n) is 6.00. The SMILES string of the molecule is C1CC2CCC(C1)C2.CC.CC1CC2CCC(C1)C2. The Balaban J connectivity index is 0.000000125. The fourth-order valence-corrected chi connectivity index (χ4v) is 5.24. The minimum atomic E-state index is 1.05. The minimum Gasteiger partial charge on any atom is -0.0683 e. The molecule has 0 aliphatic heterocycles. The highest BCUT2D eigenvalue weighted by Crippen LogP contribution is 2.44. The van der Waals surface area contributed by atoms with Crippen LogP contribution in [-0.4, -0.2) is 0 Å². The van der Waals surface area contributed by atoms with E-state index in [1.54, 1.807) is 51.4 Å². The van der Waals surface area contributed by atoms with Crippen LogP contribution in [0, 0.1) is 29.6 Å². The molecule has 0 heteroatoms. The molecular weight excluding hydrogens is 228 g/mol. The van der Waals surface area contributed by atoms with Gasteiger partial charge in [0.2, 0.25) is 0 Å². The van der Waals surface area contributed by atoms with Crippen LogP contribution in [0.1, 0.15) is 91.4 Å². The van der Waals surface area contributed by atoms with Gasteiger partial charge < -0.3 is 0 Å². The summed E-state index contributed by atoms with van der Waals surface area (Å²) in [7, 11) is 0. The van der Waals surface area contributed by atoms with E-state index in [1.165, 1.54) is 19.3 Å². The lowest BCUT2D eigenvalue weighted by molar-refractivity contribution is 0.278. The Bertz CT molecular complexity index is 218. The van der Waals surface area contributed by atoms with Gasteiger partial charge in [0.05, 0.1) is 0 Å². The Morgan fingerprint density at radius 3 is 1.42 bits per heavy atom. The average molecular weight is 264 g/mol. The Labute approximate surface area is 121 Å². The van der Waals surface area contributed by atoms with Crippen LogP contribution in [0.4, 0.5) is 0 Å². The smallest absolute Gasteiger partial charge is 0.0409 e. The van der Waals surface area contributed by atoms with Crippen LogP contribution in [0.2, 0.25) is 0 Å². The minimum absolute atomic E-state index is 1.05. The maximum atomic E-state index is 2.42. The molecule has 112 valence electrons. The normalized spacial score (nSPS) is 42.8. The van der Waals surface area contributed by atoms with Gasteiger partial charge in [-0.25, -0.2) is 0 Å². The summed E-state index contributed by atoms with van der Waals surface area (Å²) in [6.45, 7) is 6.42. The monoisotopic (exact) mass is 264 g/mol. The van der Waals surface area contributed by atoms with E-state index in [-0.39, 0.29) is 0 Å². The summed E-state index contributed by atoms with van der Waals surface area (Å²) in [6, 6.07) is 0. The molecule has 0 aromatic rings. The van der Waals surface area contributed by atoms with Gasteiger partial charge in [-0.1, -0.05) is 65.7 Å². The van der Waals surface area contributed by atoms with Gasteiger partial charge in [0.25, 0.3) is 0 Å². The lowest BCUT2D eigenvalue weighted by atomic mass is 9.82.